The van der Waals surface area contributed by atoms with Crippen LogP contribution < -0.4 is 0 Å². The predicted molar refractivity (Wildman–Crippen MR) is 91.0 cm³/mol. The number of carbonyl (C=O) groups excluding carboxylic acids is 1. The largest absolute Gasteiger partial charge is 0.481 e. The van der Waals surface area contributed by atoms with E-state index in [0.717, 1.165) is 9.86 Å². The monoisotopic (exact) mass is 395 g/mol. The van der Waals surface area contributed by atoms with Crippen LogP contribution in [-0.4, -0.2) is 47.7 Å². The predicted octanol–water partition coefficient (Wildman–Crippen LogP) is 3.29. The maximum absolute atomic E-state index is 12.9. The van der Waals surface area contributed by atoms with Gasteiger partial charge in [-0.3, -0.25) is 9.59 Å². The van der Waals surface area contributed by atoms with E-state index in [9.17, 15) is 9.59 Å². The van der Waals surface area contributed by atoms with E-state index in [4.69, 9.17) is 14.3 Å². The number of carbonyl (C=O) groups is 2. The molecule has 1 fully saturated rings. The average Bonchev–Trinajstić information content (AvgIpc) is 2.98. The summed E-state index contributed by atoms with van der Waals surface area (Å²) in [7, 11) is 0. The molecule has 7 heteroatoms. The number of benzene rings is 1. The summed E-state index contributed by atoms with van der Waals surface area (Å²) < 4.78 is 11.9. The molecule has 2 heterocycles. The Morgan fingerprint density at radius 1 is 1.25 bits per heavy atom. The number of furan rings is 1. The van der Waals surface area contributed by atoms with Gasteiger partial charge in [-0.25, -0.2) is 0 Å². The first kappa shape index (κ1) is 17.0. The number of carboxylic acids is 1. The molecular weight excluding hydrogens is 378 g/mol. The SMILES string of the molecule is O=C(O)CCN(C(=O)c1cc2cc(Br)ccc2o1)C1CCOCC1. The lowest BCUT2D eigenvalue weighted by Crippen LogP contribution is -2.44. The number of amides is 1. The minimum Gasteiger partial charge on any atom is -0.481 e. The molecule has 1 aliphatic rings. The number of fused-ring (bicyclic) bond motifs is 1. The van der Waals surface area contributed by atoms with Crippen molar-refractivity contribution in [2.45, 2.75) is 25.3 Å². The summed E-state index contributed by atoms with van der Waals surface area (Å²) in [5, 5.41) is 9.80. The van der Waals surface area contributed by atoms with Gasteiger partial charge in [0.2, 0.25) is 0 Å². The topological polar surface area (TPSA) is 80.0 Å². The number of aliphatic carboxylic acids is 1. The lowest BCUT2D eigenvalue weighted by molar-refractivity contribution is -0.137. The molecule has 0 bridgehead atoms. The summed E-state index contributed by atoms with van der Waals surface area (Å²) in [6, 6.07) is 7.21. The van der Waals surface area contributed by atoms with Crippen molar-refractivity contribution in [3.63, 3.8) is 0 Å². The Labute approximate surface area is 147 Å². The van der Waals surface area contributed by atoms with Crippen molar-refractivity contribution in [3.8, 4) is 0 Å². The molecule has 1 aromatic heterocycles. The van der Waals surface area contributed by atoms with Crippen LogP contribution in [0.25, 0.3) is 11.0 Å². The Hall–Kier alpha value is -1.86. The first-order valence-corrected chi connectivity index (χ1v) is 8.63. The van der Waals surface area contributed by atoms with Gasteiger partial charge in [0.15, 0.2) is 5.76 Å². The van der Waals surface area contributed by atoms with Gasteiger partial charge < -0.3 is 19.2 Å². The summed E-state index contributed by atoms with van der Waals surface area (Å²) in [6.07, 6.45) is 1.32. The van der Waals surface area contributed by atoms with Gasteiger partial charge in [-0.2, -0.15) is 0 Å². The molecule has 0 atom stereocenters. The number of nitrogens with zero attached hydrogens (tertiary/aromatic N) is 1. The van der Waals surface area contributed by atoms with E-state index in [1.54, 1.807) is 17.0 Å². The van der Waals surface area contributed by atoms with E-state index in [0.29, 0.717) is 31.6 Å². The molecule has 2 aromatic rings. The second-order valence-electron chi connectivity index (χ2n) is 5.78. The highest BCUT2D eigenvalue weighted by Crippen LogP contribution is 2.25. The van der Waals surface area contributed by atoms with E-state index in [1.807, 2.05) is 12.1 Å². The summed E-state index contributed by atoms with van der Waals surface area (Å²) in [6.45, 7) is 1.32. The highest BCUT2D eigenvalue weighted by Gasteiger charge is 2.29. The Morgan fingerprint density at radius 3 is 2.71 bits per heavy atom. The molecule has 1 aromatic carbocycles. The van der Waals surface area contributed by atoms with E-state index >= 15 is 0 Å². The number of hydrogen-bond donors (Lipinski definition) is 1. The van der Waals surface area contributed by atoms with E-state index in [-0.39, 0.29) is 30.7 Å². The van der Waals surface area contributed by atoms with Crippen molar-refractivity contribution >= 4 is 38.8 Å². The van der Waals surface area contributed by atoms with Crippen LogP contribution >= 0.6 is 15.9 Å². The third-order valence-corrected chi connectivity index (χ3v) is 4.64. The lowest BCUT2D eigenvalue weighted by atomic mass is 10.1. The normalized spacial score (nSPS) is 15.5. The number of ether oxygens (including phenoxy) is 1. The Kier molecular flexibility index (Phi) is 5.20. The maximum Gasteiger partial charge on any atom is 0.305 e. The quantitative estimate of drug-likeness (QED) is 0.839. The molecule has 3 rings (SSSR count). The highest BCUT2D eigenvalue weighted by molar-refractivity contribution is 9.10. The van der Waals surface area contributed by atoms with Crippen LogP contribution in [0.2, 0.25) is 0 Å². The number of rotatable bonds is 5. The van der Waals surface area contributed by atoms with Crippen molar-refractivity contribution in [2.75, 3.05) is 19.8 Å². The molecule has 24 heavy (non-hydrogen) atoms. The Balaban J connectivity index is 1.86. The third-order valence-electron chi connectivity index (χ3n) is 4.15. The average molecular weight is 396 g/mol. The van der Waals surface area contributed by atoms with Gasteiger partial charge in [0.05, 0.1) is 6.42 Å². The lowest BCUT2D eigenvalue weighted by Gasteiger charge is -2.33. The zero-order valence-electron chi connectivity index (χ0n) is 13.0. The minimum absolute atomic E-state index is 0.0226. The molecule has 1 aliphatic heterocycles. The molecule has 1 saturated heterocycles. The van der Waals surface area contributed by atoms with Gasteiger partial charge in [0.1, 0.15) is 5.58 Å². The van der Waals surface area contributed by atoms with E-state index in [2.05, 4.69) is 15.9 Å². The zero-order valence-corrected chi connectivity index (χ0v) is 14.6. The van der Waals surface area contributed by atoms with Crippen LogP contribution in [0.1, 0.15) is 29.8 Å². The van der Waals surface area contributed by atoms with Gasteiger partial charge in [0.25, 0.3) is 5.91 Å². The van der Waals surface area contributed by atoms with Gasteiger partial charge in [-0.15, -0.1) is 0 Å². The van der Waals surface area contributed by atoms with Crippen LogP contribution in [0, 0.1) is 0 Å². The first-order valence-electron chi connectivity index (χ1n) is 7.84. The second kappa shape index (κ2) is 7.36. The van der Waals surface area contributed by atoms with E-state index in [1.165, 1.54) is 0 Å². The highest BCUT2D eigenvalue weighted by atomic mass is 79.9. The summed E-state index contributed by atoms with van der Waals surface area (Å²) in [4.78, 5) is 25.4. The first-order chi connectivity index (χ1) is 11.5. The van der Waals surface area contributed by atoms with Crippen molar-refractivity contribution in [1.29, 1.82) is 0 Å². The molecule has 128 valence electrons. The number of hydrogen-bond acceptors (Lipinski definition) is 4. The number of carboxylic acid groups (broad SMARTS) is 1. The molecule has 0 aliphatic carbocycles. The van der Waals surface area contributed by atoms with Crippen LogP contribution in [0.4, 0.5) is 0 Å². The summed E-state index contributed by atoms with van der Waals surface area (Å²) in [5.41, 5.74) is 0.631. The fourth-order valence-corrected chi connectivity index (χ4v) is 3.30. The van der Waals surface area contributed by atoms with Crippen LogP contribution in [0.15, 0.2) is 33.2 Å². The molecule has 6 nitrogen and oxygen atoms in total. The number of halogens is 1. The zero-order chi connectivity index (χ0) is 17.1. The Bertz CT molecular complexity index is 751. The second-order valence-corrected chi connectivity index (χ2v) is 6.69. The minimum atomic E-state index is -0.923. The fraction of sp³-hybridized carbons (Fsp3) is 0.412. The molecule has 0 unspecified atom stereocenters. The van der Waals surface area contributed by atoms with Crippen molar-refractivity contribution in [1.82, 2.24) is 4.90 Å². The van der Waals surface area contributed by atoms with Crippen molar-refractivity contribution in [3.05, 3.63) is 34.5 Å². The van der Waals surface area contributed by atoms with Crippen molar-refractivity contribution < 1.29 is 23.8 Å². The van der Waals surface area contributed by atoms with Gasteiger partial charge >= 0.3 is 5.97 Å². The van der Waals surface area contributed by atoms with Crippen molar-refractivity contribution in [2.24, 2.45) is 0 Å². The van der Waals surface area contributed by atoms with Gasteiger partial charge in [-0.1, -0.05) is 15.9 Å². The van der Waals surface area contributed by atoms with E-state index < -0.39 is 5.97 Å². The maximum atomic E-state index is 12.9. The molecule has 0 spiro atoms. The molecule has 0 radical (unpaired) electrons. The van der Waals surface area contributed by atoms with Crippen LogP contribution in [0.5, 0.6) is 0 Å². The Morgan fingerprint density at radius 2 is 2.00 bits per heavy atom. The smallest absolute Gasteiger partial charge is 0.305 e. The molecule has 1 N–H and O–H groups in total. The third kappa shape index (κ3) is 3.79. The van der Waals surface area contributed by atoms with Gasteiger partial charge in [-0.05, 0) is 37.1 Å². The summed E-state index contributed by atoms with van der Waals surface area (Å²) >= 11 is 3.39. The van der Waals surface area contributed by atoms with Gasteiger partial charge in [0, 0.05) is 35.7 Å². The standard InChI is InChI=1S/C17H18BrNO5/c18-12-1-2-14-11(9-12)10-15(24-14)17(22)19(6-3-16(20)21)13-4-7-23-8-5-13/h1-2,9-10,13H,3-8H2,(H,20,21). The molecule has 1 amide bonds. The summed E-state index contributed by atoms with van der Waals surface area (Å²) in [5.74, 6) is -0.955. The molecule has 0 saturated carbocycles. The molecular formula is C17H18BrNO5. The fourth-order valence-electron chi connectivity index (χ4n) is 2.92. The van der Waals surface area contributed by atoms with Crippen LogP contribution in [0.3, 0.4) is 0 Å². The van der Waals surface area contributed by atoms with Crippen LogP contribution in [-0.2, 0) is 9.53 Å².